The third-order valence-electron chi connectivity index (χ3n) is 6.09. The van der Waals surface area contributed by atoms with Crippen LogP contribution in [0.25, 0.3) is 0 Å². The highest BCUT2D eigenvalue weighted by Crippen LogP contribution is 2.30. The summed E-state index contributed by atoms with van der Waals surface area (Å²) < 4.78 is 0. The van der Waals surface area contributed by atoms with Crippen LogP contribution in [0.2, 0.25) is 0 Å². The Labute approximate surface area is 167 Å². The summed E-state index contributed by atoms with van der Waals surface area (Å²) in [4.78, 5) is 28.1. The molecule has 2 N–H and O–H groups in total. The zero-order chi connectivity index (χ0) is 19.9. The van der Waals surface area contributed by atoms with Gasteiger partial charge in [0.25, 0.3) is 0 Å². The van der Waals surface area contributed by atoms with E-state index in [0.29, 0.717) is 12.1 Å². The van der Waals surface area contributed by atoms with Gasteiger partial charge < -0.3 is 20.2 Å². The molecule has 154 valence electrons. The number of nitrogens with zero attached hydrogens (tertiary/aromatic N) is 2. The Morgan fingerprint density at radius 2 is 1.82 bits per heavy atom. The number of rotatable bonds is 7. The molecule has 0 spiro atoms. The summed E-state index contributed by atoms with van der Waals surface area (Å²) in [5.74, 6) is -0.331. The summed E-state index contributed by atoms with van der Waals surface area (Å²) in [5.41, 5.74) is 1.57. The van der Waals surface area contributed by atoms with Crippen LogP contribution in [0, 0.1) is 5.92 Å². The van der Waals surface area contributed by atoms with E-state index >= 15 is 0 Å². The summed E-state index contributed by atoms with van der Waals surface area (Å²) in [6.45, 7) is 7.27. The van der Waals surface area contributed by atoms with Crippen molar-refractivity contribution in [1.82, 2.24) is 4.90 Å². The molecule has 1 aromatic carbocycles. The van der Waals surface area contributed by atoms with Gasteiger partial charge in [0.15, 0.2) is 0 Å². The Kier molecular flexibility index (Phi) is 7.31. The molecule has 2 heterocycles. The number of piperidine rings is 2. The first-order valence-electron chi connectivity index (χ1n) is 10.7. The van der Waals surface area contributed by atoms with Crippen molar-refractivity contribution >= 4 is 23.3 Å². The van der Waals surface area contributed by atoms with Crippen molar-refractivity contribution in [2.24, 2.45) is 5.92 Å². The minimum atomic E-state index is -0.949. The maximum absolute atomic E-state index is 11.8. The molecular weight excluding hydrogens is 354 g/mol. The number of hydrogen-bond acceptors (Lipinski definition) is 4. The third-order valence-corrected chi connectivity index (χ3v) is 6.09. The van der Waals surface area contributed by atoms with Crippen LogP contribution in [0.15, 0.2) is 18.2 Å². The fraction of sp³-hybridized carbons (Fsp3) is 0.636. The lowest BCUT2D eigenvalue weighted by Gasteiger charge is -2.35. The molecule has 0 unspecified atom stereocenters. The van der Waals surface area contributed by atoms with E-state index in [1.54, 1.807) is 19.1 Å². The van der Waals surface area contributed by atoms with Crippen molar-refractivity contribution in [3.8, 4) is 0 Å². The highest BCUT2D eigenvalue weighted by atomic mass is 16.4. The number of anilines is 2. The number of benzene rings is 1. The van der Waals surface area contributed by atoms with Gasteiger partial charge in [0.2, 0.25) is 5.91 Å². The lowest BCUT2D eigenvalue weighted by molar-refractivity contribution is -0.115. The van der Waals surface area contributed by atoms with Crippen LogP contribution in [0.4, 0.5) is 11.4 Å². The average molecular weight is 388 g/mol. The summed E-state index contributed by atoms with van der Waals surface area (Å²) in [5, 5.41) is 12.4. The molecule has 0 aromatic heterocycles. The first kappa shape index (κ1) is 20.6. The van der Waals surface area contributed by atoms with Gasteiger partial charge in [0.1, 0.15) is 0 Å². The Morgan fingerprint density at radius 1 is 1.11 bits per heavy atom. The smallest absolute Gasteiger partial charge is 0.337 e. The van der Waals surface area contributed by atoms with Gasteiger partial charge in [-0.2, -0.15) is 0 Å². The standard InChI is InChI=1S/C22H33N3O3/c1-2-21(26)23-18-6-7-20(19(16-18)22(27)28)25-14-9-17(10-15-25)8-13-24-11-4-3-5-12-24/h6-7,16-17H,2-5,8-15H2,1H3,(H,23,26)(H,27,28). The van der Waals surface area contributed by atoms with Gasteiger partial charge in [0, 0.05) is 25.2 Å². The summed E-state index contributed by atoms with van der Waals surface area (Å²) in [6.07, 6.45) is 7.90. The van der Waals surface area contributed by atoms with Gasteiger partial charge in [-0.25, -0.2) is 4.79 Å². The van der Waals surface area contributed by atoms with Crippen LogP contribution < -0.4 is 10.2 Å². The van der Waals surface area contributed by atoms with Crippen molar-refractivity contribution in [3.05, 3.63) is 23.8 Å². The lowest BCUT2D eigenvalue weighted by atomic mass is 9.92. The zero-order valence-electron chi connectivity index (χ0n) is 17.0. The number of likely N-dealkylation sites (tertiary alicyclic amines) is 1. The Balaban J connectivity index is 1.56. The second-order valence-electron chi connectivity index (χ2n) is 8.06. The van der Waals surface area contributed by atoms with E-state index in [9.17, 15) is 14.7 Å². The highest BCUT2D eigenvalue weighted by Gasteiger charge is 2.24. The van der Waals surface area contributed by atoms with Gasteiger partial charge in [-0.1, -0.05) is 13.3 Å². The molecule has 2 aliphatic heterocycles. The molecule has 3 rings (SSSR count). The number of hydrogen-bond donors (Lipinski definition) is 2. The minimum Gasteiger partial charge on any atom is -0.478 e. The SMILES string of the molecule is CCC(=O)Nc1ccc(N2CCC(CCN3CCCCC3)CC2)c(C(=O)O)c1. The Hall–Kier alpha value is -2.08. The quantitative estimate of drug-likeness (QED) is 0.744. The van der Waals surface area contributed by atoms with E-state index in [4.69, 9.17) is 0 Å². The molecule has 0 bridgehead atoms. The minimum absolute atomic E-state index is 0.112. The maximum Gasteiger partial charge on any atom is 0.337 e. The molecule has 2 fully saturated rings. The highest BCUT2D eigenvalue weighted by molar-refractivity contribution is 5.98. The van der Waals surface area contributed by atoms with Crippen LogP contribution in [-0.2, 0) is 4.79 Å². The normalized spacial score (nSPS) is 18.8. The van der Waals surface area contributed by atoms with E-state index in [0.717, 1.165) is 37.5 Å². The molecule has 0 radical (unpaired) electrons. The van der Waals surface area contributed by atoms with E-state index in [-0.39, 0.29) is 11.5 Å². The largest absolute Gasteiger partial charge is 0.478 e. The lowest BCUT2D eigenvalue weighted by Crippen LogP contribution is -2.37. The third kappa shape index (κ3) is 5.47. The second kappa shape index (κ2) is 9.92. The summed E-state index contributed by atoms with van der Waals surface area (Å²) >= 11 is 0. The van der Waals surface area contributed by atoms with Gasteiger partial charge in [-0.05, 0) is 75.9 Å². The van der Waals surface area contributed by atoms with Crippen LogP contribution in [-0.4, -0.2) is 54.6 Å². The molecule has 2 saturated heterocycles. The second-order valence-corrected chi connectivity index (χ2v) is 8.06. The molecule has 0 atom stereocenters. The first-order chi connectivity index (χ1) is 13.6. The number of amides is 1. The fourth-order valence-electron chi connectivity index (χ4n) is 4.32. The molecule has 6 heteroatoms. The van der Waals surface area contributed by atoms with Crippen molar-refractivity contribution < 1.29 is 14.7 Å². The van der Waals surface area contributed by atoms with Crippen LogP contribution in [0.1, 0.15) is 62.2 Å². The Morgan fingerprint density at radius 3 is 2.46 bits per heavy atom. The van der Waals surface area contributed by atoms with E-state index < -0.39 is 5.97 Å². The van der Waals surface area contributed by atoms with Crippen molar-refractivity contribution in [2.45, 2.75) is 51.9 Å². The molecule has 1 amide bonds. The van der Waals surface area contributed by atoms with Crippen molar-refractivity contribution in [3.63, 3.8) is 0 Å². The molecule has 0 saturated carbocycles. The first-order valence-corrected chi connectivity index (χ1v) is 10.7. The Bertz CT molecular complexity index is 678. The van der Waals surface area contributed by atoms with Gasteiger partial charge >= 0.3 is 5.97 Å². The number of carboxylic acids is 1. The number of carbonyl (C=O) groups excluding carboxylic acids is 1. The molecule has 1 aromatic rings. The number of nitrogens with one attached hydrogen (secondary N) is 1. The predicted octanol–water partition coefficient (Wildman–Crippen LogP) is 3.83. The maximum atomic E-state index is 11.8. The predicted molar refractivity (Wildman–Crippen MR) is 112 cm³/mol. The van der Waals surface area contributed by atoms with Gasteiger partial charge in [-0.15, -0.1) is 0 Å². The van der Waals surface area contributed by atoms with E-state index in [1.807, 2.05) is 6.07 Å². The summed E-state index contributed by atoms with van der Waals surface area (Å²) in [7, 11) is 0. The number of aromatic carboxylic acids is 1. The van der Waals surface area contributed by atoms with E-state index in [1.165, 1.54) is 45.3 Å². The van der Waals surface area contributed by atoms with Crippen LogP contribution in [0.5, 0.6) is 0 Å². The number of carbonyl (C=O) groups is 2. The molecule has 28 heavy (non-hydrogen) atoms. The van der Waals surface area contributed by atoms with E-state index in [2.05, 4.69) is 15.1 Å². The molecule has 6 nitrogen and oxygen atoms in total. The van der Waals surface area contributed by atoms with Crippen LogP contribution in [0.3, 0.4) is 0 Å². The van der Waals surface area contributed by atoms with Gasteiger partial charge in [0.05, 0.1) is 11.3 Å². The molecule has 2 aliphatic rings. The van der Waals surface area contributed by atoms with Crippen molar-refractivity contribution in [2.75, 3.05) is 42.9 Å². The van der Waals surface area contributed by atoms with Crippen molar-refractivity contribution in [1.29, 1.82) is 0 Å². The molecular formula is C22H33N3O3. The monoisotopic (exact) mass is 387 g/mol. The van der Waals surface area contributed by atoms with Crippen LogP contribution >= 0.6 is 0 Å². The molecule has 0 aliphatic carbocycles. The van der Waals surface area contributed by atoms with Gasteiger partial charge in [-0.3, -0.25) is 4.79 Å². The average Bonchev–Trinajstić information content (AvgIpc) is 2.73. The summed E-state index contributed by atoms with van der Waals surface area (Å²) in [6, 6.07) is 5.22. The topological polar surface area (TPSA) is 72.9 Å². The zero-order valence-corrected chi connectivity index (χ0v) is 17.0. The fourth-order valence-corrected chi connectivity index (χ4v) is 4.32. The number of carboxylic acid groups (broad SMARTS) is 1.